The predicted molar refractivity (Wildman–Crippen MR) is 75.7 cm³/mol. The van der Waals surface area contributed by atoms with Gasteiger partial charge in [-0.25, -0.2) is 0 Å². The van der Waals surface area contributed by atoms with Crippen LogP contribution in [0.15, 0.2) is 18.3 Å². The van der Waals surface area contributed by atoms with E-state index < -0.39 is 0 Å². The molecule has 1 saturated heterocycles. The maximum atomic E-state index is 11.8. The van der Waals surface area contributed by atoms with E-state index in [-0.39, 0.29) is 5.91 Å². The van der Waals surface area contributed by atoms with Crippen LogP contribution in [0.5, 0.6) is 0 Å². The third-order valence-corrected chi connectivity index (χ3v) is 3.70. The first kappa shape index (κ1) is 14.0. The second-order valence-corrected chi connectivity index (χ2v) is 5.23. The summed E-state index contributed by atoms with van der Waals surface area (Å²) in [6.07, 6.45) is 7.05. The lowest BCUT2D eigenvalue weighted by atomic mass is 10.0. The number of carbonyl (C=O) groups is 1. The fraction of sp³-hybridized carbons (Fsp3) is 0.600. The molecular formula is C15H23N3O. The molecule has 4 heteroatoms. The number of piperidine rings is 1. The lowest BCUT2D eigenvalue weighted by Gasteiger charge is -2.23. The maximum Gasteiger partial charge on any atom is 0.220 e. The average molecular weight is 261 g/mol. The molecule has 19 heavy (non-hydrogen) atoms. The van der Waals surface area contributed by atoms with Crippen molar-refractivity contribution in [3.8, 4) is 0 Å². The van der Waals surface area contributed by atoms with Crippen molar-refractivity contribution >= 4 is 5.91 Å². The van der Waals surface area contributed by atoms with Crippen LogP contribution in [0.4, 0.5) is 0 Å². The molecule has 1 aromatic rings. The molecule has 1 fully saturated rings. The second kappa shape index (κ2) is 7.24. The first-order valence-corrected chi connectivity index (χ1v) is 7.16. The second-order valence-electron chi connectivity index (χ2n) is 5.23. The molecule has 1 amide bonds. The van der Waals surface area contributed by atoms with Crippen LogP contribution in [-0.4, -0.2) is 23.5 Å². The van der Waals surface area contributed by atoms with Crippen molar-refractivity contribution in [3.05, 3.63) is 29.6 Å². The van der Waals surface area contributed by atoms with E-state index in [1.165, 1.54) is 19.3 Å². The smallest absolute Gasteiger partial charge is 0.220 e. The molecule has 0 saturated carbocycles. The molecule has 2 heterocycles. The first-order chi connectivity index (χ1) is 9.25. The van der Waals surface area contributed by atoms with E-state index in [9.17, 15) is 4.79 Å². The lowest BCUT2D eigenvalue weighted by molar-refractivity contribution is -0.121. The van der Waals surface area contributed by atoms with Gasteiger partial charge in [-0.2, -0.15) is 0 Å². The number of nitrogens with zero attached hydrogens (tertiary/aromatic N) is 1. The number of aromatic nitrogens is 1. The maximum absolute atomic E-state index is 11.8. The van der Waals surface area contributed by atoms with E-state index in [4.69, 9.17) is 0 Å². The minimum Gasteiger partial charge on any atom is -0.350 e. The zero-order valence-corrected chi connectivity index (χ0v) is 11.6. The van der Waals surface area contributed by atoms with E-state index in [0.29, 0.717) is 19.0 Å². The van der Waals surface area contributed by atoms with E-state index in [2.05, 4.69) is 15.6 Å². The van der Waals surface area contributed by atoms with Gasteiger partial charge in [-0.15, -0.1) is 0 Å². The first-order valence-electron chi connectivity index (χ1n) is 7.16. The third-order valence-electron chi connectivity index (χ3n) is 3.70. The Morgan fingerprint density at radius 2 is 2.42 bits per heavy atom. The molecule has 4 nitrogen and oxygen atoms in total. The Kier molecular flexibility index (Phi) is 5.33. The van der Waals surface area contributed by atoms with E-state index in [1.54, 1.807) is 6.20 Å². The topological polar surface area (TPSA) is 54.0 Å². The van der Waals surface area contributed by atoms with Crippen LogP contribution in [0.2, 0.25) is 0 Å². The van der Waals surface area contributed by atoms with E-state index in [1.807, 2.05) is 19.1 Å². The summed E-state index contributed by atoms with van der Waals surface area (Å²) < 4.78 is 0. The molecule has 1 atom stereocenters. The molecule has 0 aromatic carbocycles. The van der Waals surface area contributed by atoms with Crippen molar-refractivity contribution < 1.29 is 4.79 Å². The van der Waals surface area contributed by atoms with Gasteiger partial charge in [0.1, 0.15) is 0 Å². The number of pyridine rings is 1. The summed E-state index contributed by atoms with van der Waals surface area (Å²) in [6, 6.07) is 4.45. The number of aryl methyl sites for hydroxylation is 1. The van der Waals surface area contributed by atoms with Crippen molar-refractivity contribution in [2.45, 2.75) is 51.6 Å². The van der Waals surface area contributed by atoms with E-state index >= 15 is 0 Å². The molecule has 0 radical (unpaired) electrons. The summed E-state index contributed by atoms with van der Waals surface area (Å²) >= 11 is 0. The molecule has 2 rings (SSSR count). The van der Waals surface area contributed by atoms with Crippen LogP contribution in [0.3, 0.4) is 0 Å². The highest BCUT2D eigenvalue weighted by atomic mass is 16.1. The van der Waals surface area contributed by atoms with Gasteiger partial charge < -0.3 is 10.6 Å². The fourth-order valence-electron chi connectivity index (χ4n) is 2.45. The summed E-state index contributed by atoms with van der Waals surface area (Å²) in [5.74, 6) is 0.123. The SMILES string of the molecule is Cc1cccnc1CNC(=O)CCC1CCCCN1. The van der Waals surface area contributed by atoms with Gasteiger partial charge in [0.05, 0.1) is 12.2 Å². The minimum atomic E-state index is 0.123. The van der Waals surface area contributed by atoms with Gasteiger partial charge in [0, 0.05) is 18.7 Å². The largest absolute Gasteiger partial charge is 0.350 e. The summed E-state index contributed by atoms with van der Waals surface area (Å²) in [5.41, 5.74) is 2.07. The Morgan fingerprint density at radius 1 is 1.53 bits per heavy atom. The summed E-state index contributed by atoms with van der Waals surface area (Å²) in [5, 5.41) is 6.42. The molecule has 1 aliphatic rings. The van der Waals surface area contributed by atoms with Crippen LogP contribution in [0.25, 0.3) is 0 Å². The molecule has 0 bridgehead atoms. The molecule has 0 spiro atoms. The summed E-state index contributed by atoms with van der Waals surface area (Å²) in [4.78, 5) is 16.1. The predicted octanol–water partition coefficient (Wildman–Crippen LogP) is 1.93. The number of hydrogen-bond acceptors (Lipinski definition) is 3. The third kappa shape index (κ3) is 4.63. The molecule has 1 aliphatic heterocycles. The van der Waals surface area contributed by atoms with Gasteiger partial charge in [0.25, 0.3) is 0 Å². The van der Waals surface area contributed by atoms with Gasteiger partial charge in [0.15, 0.2) is 0 Å². The molecule has 0 aliphatic carbocycles. The zero-order valence-electron chi connectivity index (χ0n) is 11.6. The van der Waals surface area contributed by atoms with Gasteiger partial charge in [-0.05, 0) is 44.4 Å². The summed E-state index contributed by atoms with van der Waals surface area (Å²) in [7, 11) is 0. The van der Waals surface area contributed by atoms with Crippen LogP contribution in [0.1, 0.15) is 43.4 Å². The number of nitrogens with one attached hydrogen (secondary N) is 2. The highest BCUT2D eigenvalue weighted by molar-refractivity contribution is 5.75. The summed E-state index contributed by atoms with van der Waals surface area (Å²) in [6.45, 7) is 3.64. The highest BCUT2D eigenvalue weighted by Crippen LogP contribution is 2.11. The van der Waals surface area contributed by atoms with Gasteiger partial charge in [-0.1, -0.05) is 12.5 Å². The number of amides is 1. The van der Waals surface area contributed by atoms with Crippen LogP contribution in [-0.2, 0) is 11.3 Å². The quantitative estimate of drug-likeness (QED) is 0.851. The fourth-order valence-corrected chi connectivity index (χ4v) is 2.45. The number of carbonyl (C=O) groups excluding carboxylic acids is 1. The Morgan fingerprint density at radius 3 is 3.16 bits per heavy atom. The minimum absolute atomic E-state index is 0.123. The van der Waals surface area contributed by atoms with Crippen LogP contribution in [0, 0.1) is 6.92 Å². The Hall–Kier alpha value is -1.42. The molecular weight excluding hydrogens is 238 g/mol. The number of rotatable bonds is 5. The Balaban J connectivity index is 1.68. The van der Waals surface area contributed by atoms with E-state index in [0.717, 1.165) is 24.2 Å². The van der Waals surface area contributed by atoms with Crippen molar-refractivity contribution in [1.82, 2.24) is 15.6 Å². The van der Waals surface area contributed by atoms with Crippen molar-refractivity contribution in [2.24, 2.45) is 0 Å². The van der Waals surface area contributed by atoms with Gasteiger partial charge in [0.2, 0.25) is 5.91 Å². The average Bonchev–Trinajstić information content (AvgIpc) is 2.45. The molecule has 1 unspecified atom stereocenters. The van der Waals surface area contributed by atoms with Gasteiger partial charge >= 0.3 is 0 Å². The normalized spacial score (nSPS) is 19.1. The standard InChI is InChI=1S/C15H23N3O/c1-12-5-4-10-17-14(12)11-18-15(19)8-7-13-6-2-3-9-16-13/h4-5,10,13,16H,2-3,6-9,11H2,1H3,(H,18,19). The molecule has 2 N–H and O–H groups in total. The Bertz CT molecular complexity index is 414. The molecule has 104 valence electrons. The number of hydrogen-bond donors (Lipinski definition) is 2. The van der Waals surface area contributed by atoms with Crippen LogP contribution >= 0.6 is 0 Å². The monoisotopic (exact) mass is 261 g/mol. The van der Waals surface area contributed by atoms with Crippen molar-refractivity contribution in [3.63, 3.8) is 0 Å². The zero-order chi connectivity index (χ0) is 13.5. The lowest BCUT2D eigenvalue weighted by Crippen LogP contribution is -2.35. The molecule has 1 aromatic heterocycles. The van der Waals surface area contributed by atoms with Crippen LogP contribution < -0.4 is 10.6 Å². The van der Waals surface area contributed by atoms with Crippen molar-refractivity contribution in [1.29, 1.82) is 0 Å². The van der Waals surface area contributed by atoms with Gasteiger partial charge in [-0.3, -0.25) is 9.78 Å². The highest BCUT2D eigenvalue weighted by Gasteiger charge is 2.13. The van der Waals surface area contributed by atoms with Crippen molar-refractivity contribution in [2.75, 3.05) is 6.54 Å². The Labute approximate surface area is 115 Å².